The molecular formula is C15H26N2OS. The normalized spacial score (nSPS) is 16.8. The number of nitrogens with zero attached hydrogens (tertiary/aromatic N) is 1. The SMILES string of the molecule is CCCNCc1sc(C(OCC)C2CC2)nc1CC. The molecule has 108 valence electrons. The van der Waals surface area contributed by atoms with Gasteiger partial charge in [-0.05, 0) is 45.1 Å². The molecule has 0 amide bonds. The van der Waals surface area contributed by atoms with E-state index in [4.69, 9.17) is 9.72 Å². The third-order valence-electron chi connectivity index (χ3n) is 3.48. The lowest BCUT2D eigenvalue weighted by Gasteiger charge is -2.12. The maximum atomic E-state index is 5.92. The third kappa shape index (κ3) is 4.01. The Kier molecular flexibility index (Phi) is 5.79. The smallest absolute Gasteiger partial charge is 0.122 e. The second-order valence-electron chi connectivity index (χ2n) is 5.17. The van der Waals surface area contributed by atoms with Gasteiger partial charge in [-0.2, -0.15) is 0 Å². The lowest BCUT2D eigenvalue weighted by molar-refractivity contribution is 0.0461. The van der Waals surface area contributed by atoms with Crippen molar-refractivity contribution >= 4 is 11.3 Å². The van der Waals surface area contributed by atoms with Crippen molar-refractivity contribution in [3.63, 3.8) is 0 Å². The van der Waals surface area contributed by atoms with Gasteiger partial charge >= 0.3 is 0 Å². The monoisotopic (exact) mass is 282 g/mol. The van der Waals surface area contributed by atoms with Gasteiger partial charge < -0.3 is 10.1 Å². The number of ether oxygens (including phenoxy) is 1. The van der Waals surface area contributed by atoms with Crippen LogP contribution >= 0.6 is 11.3 Å². The highest BCUT2D eigenvalue weighted by Gasteiger charge is 2.35. The topological polar surface area (TPSA) is 34.1 Å². The average molecular weight is 282 g/mol. The Bertz CT molecular complexity index is 387. The van der Waals surface area contributed by atoms with E-state index >= 15 is 0 Å². The van der Waals surface area contributed by atoms with Gasteiger partial charge in [0.25, 0.3) is 0 Å². The van der Waals surface area contributed by atoms with Crippen LogP contribution < -0.4 is 5.32 Å². The average Bonchev–Trinajstić information content (AvgIpc) is 3.17. The fraction of sp³-hybridized carbons (Fsp3) is 0.800. The van der Waals surface area contributed by atoms with Crippen molar-refractivity contribution in [1.82, 2.24) is 10.3 Å². The lowest BCUT2D eigenvalue weighted by atomic mass is 10.2. The van der Waals surface area contributed by atoms with Crippen LogP contribution in [-0.2, 0) is 17.7 Å². The number of hydrogen-bond donors (Lipinski definition) is 1. The fourth-order valence-corrected chi connectivity index (χ4v) is 3.57. The van der Waals surface area contributed by atoms with Crippen LogP contribution in [0.15, 0.2) is 0 Å². The van der Waals surface area contributed by atoms with E-state index in [1.54, 1.807) is 0 Å². The van der Waals surface area contributed by atoms with Crippen molar-refractivity contribution in [2.75, 3.05) is 13.2 Å². The minimum Gasteiger partial charge on any atom is -0.371 e. The molecular weight excluding hydrogens is 256 g/mol. The first-order valence-electron chi connectivity index (χ1n) is 7.60. The second-order valence-corrected chi connectivity index (χ2v) is 6.28. The van der Waals surface area contributed by atoms with Gasteiger partial charge in [-0.1, -0.05) is 13.8 Å². The highest BCUT2D eigenvalue weighted by Crippen LogP contribution is 2.44. The number of rotatable bonds is 9. The van der Waals surface area contributed by atoms with Crippen molar-refractivity contribution in [3.05, 3.63) is 15.6 Å². The van der Waals surface area contributed by atoms with Crippen molar-refractivity contribution in [3.8, 4) is 0 Å². The summed E-state index contributed by atoms with van der Waals surface area (Å²) in [6.45, 7) is 9.28. The van der Waals surface area contributed by atoms with Crippen molar-refractivity contribution in [2.24, 2.45) is 5.92 Å². The first-order valence-corrected chi connectivity index (χ1v) is 8.42. The molecule has 1 fully saturated rings. The summed E-state index contributed by atoms with van der Waals surface area (Å²) >= 11 is 1.85. The zero-order chi connectivity index (χ0) is 13.7. The maximum Gasteiger partial charge on any atom is 0.122 e. The molecule has 0 saturated heterocycles. The number of aromatic nitrogens is 1. The predicted octanol–water partition coefficient (Wildman–Crippen LogP) is 3.69. The summed E-state index contributed by atoms with van der Waals surface area (Å²) in [6, 6.07) is 0. The molecule has 19 heavy (non-hydrogen) atoms. The van der Waals surface area contributed by atoms with E-state index < -0.39 is 0 Å². The third-order valence-corrected chi connectivity index (χ3v) is 4.64. The van der Waals surface area contributed by atoms with Gasteiger partial charge in [-0.25, -0.2) is 4.98 Å². The minimum atomic E-state index is 0.250. The lowest BCUT2D eigenvalue weighted by Crippen LogP contribution is -2.13. The van der Waals surface area contributed by atoms with E-state index in [1.165, 1.54) is 34.8 Å². The predicted molar refractivity (Wildman–Crippen MR) is 80.6 cm³/mol. The van der Waals surface area contributed by atoms with E-state index in [-0.39, 0.29) is 6.10 Å². The molecule has 0 bridgehead atoms. The Hall–Kier alpha value is -0.450. The summed E-state index contributed by atoms with van der Waals surface area (Å²) in [5.41, 5.74) is 1.26. The molecule has 3 nitrogen and oxygen atoms in total. The summed E-state index contributed by atoms with van der Waals surface area (Å²) in [5.74, 6) is 0.715. The zero-order valence-electron chi connectivity index (χ0n) is 12.4. The summed E-state index contributed by atoms with van der Waals surface area (Å²) < 4.78 is 5.92. The van der Waals surface area contributed by atoms with Crippen LogP contribution in [0, 0.1) is 5.92 Å². The van der Waals surface area contributed by atoms with Gasteiger partial charge in [-0.15, -0.1) is 11.3 Å². The molecule has 1 aliphatic rings. The Morgan fingerprint density at radius 3 is 2.74 bits per heavy atom. The van der Waals surface area contributed by atoms with E-state index in [9.17, 15) is 0 Å². The minimum absolute atomic E-state index is 0.250. The molecule has 0 aliphatic heterocycles. The number of nitrogens with one attached hydrogen (secondary N) is 1. The Morgan fingerprint density at radius 2 is 2.16 bits per heavy atom. The molecule has 1 atom stereocenters. The van der Waals surface area contributed by atoms with Crippen molar-refractivity contribution < 1.29 is 4.74 Å². The van der Waals surface area contributed by atoms with Gasteiger partial charge in [0.1, 0.15) is 11.1 Å². The molecule has 0 spiro atoms. The molecule has 2 rings (SSSR count). The summed E-state index contributed by atoms with van der Waals surface area (Å²) in [7, 11) is 0. The van der Waals surface area contributed by atoms with Crippen LogP contribution in [-0.4, -0.2) is 18.1 Å². The molecule has 1 saturated carbocycles. The standard InChI is InChI=1S/C15H26N2OS/c1-4-9-16-10-13-12(5-2)17-15(19-13)14(18-6-3)11-7-8-11/h11,14,16H,4-10H2,1-3H3. The number of hydrogen-bond acceptors (Lipinski definition) is 4. The van der Waals surface area contributed by atoms with Crippen LogP contribution in [0.25, 0.3) is 0 Å². The zero-order valence-corrected chi connectivity index (χ0v) is 13.2. The Labute approximate surface area is 120 Å². The second kappa shape index (κ2) is 7.36. The molecule has 1 heterocycles. The maximum absolute atomic E-state index is 5.92. The Balaban J connectivity index is 2.07. The van der Waals surface area contributed by atoms with Gasteiger partial charge in [-0.3, -0.25) is 0 Å². The molecule has 0 radical (unpaired) electrons. The van der Waals surface area contributed by atoms with Crippen molar-refractivity contribution in [2.45, 2.75) is 59.1 Å². The number of thiazole rings is 1. The molecule has 1 unspecified atom stereocenters. The van der Waals surface area contributed by atoms with E-state index in [0.717, 1.165) is 26.1 Å². The number of aryl methyl sites for hydroxylation is 1. The molecule has 1 N–H and O–H groups in total. The van der Waals surface area contributed by atoms with Gasteiger partial charge in [0, 0.05) is 18.0 Å². The van der Waals surface area contributed by atoms with Gasteiger partial charge in [0.05, 0.1) is 5.69 Å². The van der Waals surface area contributed by atoms with E-state index in [2.05, 4.69) is 26.1 Å². The van der Waals surface area contributed by atoms with Gasteiger partial charge in [0.2, 0.25) is 0 Å². The largest absolute Gasteiger partial charge is 0.371 e. The van der Waals surface area contributed by atoms with Crippen LogP contribution in [0.3, 0.4) is 0 Å². The highest BCUT2D eigenvalue weighted by molar-refractivity contribution is 7.11. The highest BCUT2D eigenvalue weighted by atomic mass is 32.1. The van der Waals surface area contributed by atoms with Crippen LogP contribution in [0.5, 0.6) is 0 Å². The van der Waals surface area contributed by atoms with Crippen LogP contribution in [0.2, 0.25) is 0 Å². The summed E-state index contributed by atoms with van der Waals surface area (Å²) in [4.78, 5) is 6.24. The van der Waals surface area contributed by atoms with Crippen LogP contribution in [0.1, 0.15) is 61.7 Å². The first-order chi connectivity index (χ1) is 9.30. The molecule has 1 aromatic rings. The van der Waals surface area contributed by atoms with E-state index in [0.29, 0.717) is 5.92 Å². The van der Waals surface area contributed by atoms with Crippen LogP contribution in [0.4, 0.5) is 0 Å². The van der Waals surface area contributed by atoms with E-state index in [1.807, 2.05) is 11.3 Å². The summed E-state index contributed by atoms with van der Waals surface area (Å²) in [6.07, 6.45) is 5.05. The first kappa shape index (κ1) is 14.9. The summed E-state index contributed by atoms with van der Waals surface area (Å²) in [5, 5.41) is 4.69. The fourth-order valence-electron chi connectivity index (χ4n) is 2.31. The molecule has 1 aliphatic carbocycles. The molecule has 1 aromatic heterocycles. The Morgan fingerprint density at radius 1 is 1.37 bits per heavy atom. The molecule has 0 aromatic carbocycles. The quantitative estimate of drug-likeness (QED) is 0.701. The van der Waals surface area contributed by atoms with Gasteiger partial charge in [0.15, 0.2) is 0 Å². The molecule has 4 heteroatoms. The van der Waals surface area contributed by atoms with Crippen molar-refractivity contribution in [1.29, 1.82) is 0 Å².